The minimum absolute atomic E-state index is 0.00560. The third-order valence-corrected chi connectivity index (χ3v) is 6.11. The van der Waals surface area contributed by atoms with Crippen molar-refractivity contribution in [3.05, 3.63) is 35.6 Å². The Morgan fingerprint density at radius 2 is 1.93 bits per heavy atom. The fraction of sp³-hybridized carbons (Fsp3) is 0.450. The minimum Gasteiger partial charge on any atom is -0.368 e. The summed E-state index contributed by atoms with van der Waals surface area (Å²) in [5, 5.41) is 9.10. The van der Waals surface area contributed by atoms with Crippen molar-refractivity contribution in [2.75, 3.05) is 49.1 Å². The Bertz CT molecular complexity index is 1070. The molecule has 0 N–H and O–H groups in total. The molecule has 1 aromatic carbocycles. The van der Waals surface area contributed by atoms with Gasteiger partial charge in [-0.1, -0.05) is 22.9 Å². The van der Waals surface area contributed by atoms with Crippen LogP contribution in [0.3, 0.4) is 0 Å². The van der Waals surface area contributed by atoms with Crippen LogP contribution in [0.2, 0.25) is 5.02 Å². The monoisotopic (exact) mass is 426 g/mol. The number of benzene rings is 1. The number of carbonyl (C=O) groups is 1. The molecule has 2 aliphatic rings. The number of nitrogens with zero attached hydrogens (tertiary/aromatic N) is 8. The Morgan fingerprint density at radius 1 is 1.13 bits per heavy atom. The molecule has 0 radical (unpaired) electrons. The zero-order chi connectivity index (χ0) is 20.7. The SMILES string of the molecule is CCn1nnc2c(N3CC(C(=O)N4CCN(c5cccc(Cl)c5)CC4)C3)ncnc21. The van der Waals surface area contributed by atoms with E-state index in [-0.39, 0.29) is 11.8 Å². The second-order valence-electron chi connectivity index (χ2n) is 7.67. The maximum atomic E-state index is 13.0. The second kappa shape index (κ2) is 7.71. The average molecular weight is 427 g/mol. The van der Waals surface area contributed by atoms with Gasteiger partial charge in [-0.3, -0.25) is 4.79 Å². The number of hydrogen-bond donors (Lipinski definition) is 0. The molecule has 156 valence electrons. The molecule has 2 aliphatic heterocycles. The highest BCUT2D eigenvalue weighted by molar-refractivity contribution is 6.30. The zero-order valence-corrected chi connectivity index (χ0v) is 17.5. The molecular formula is C20H23ClN8O. The zero-order valence-electron chi connectivity index (χ0n) is 16.8. The highest BCUT2D eigenvalue weighted by Crippen LogP contribution is 2.29. The van der Waals surface area contributed by atoms with Crippen LogP contribution in [0.5, 0.6) is 0 Å². The molecule has 3 aromatic rings. The molecule has 1 amide bonds. The molecule has 0 saturated carbocycles. The molecule has 5 rings (SSSR count). The Labute approximate surface area is 179 Å². The van der Waals surface area contributed by atoms with Crippen LogP contribution in [0.25, 0.3) is 11.2 Å². The number of fused-ring (bicyclic) bond motifs is 1. The van der Waals surface area contributed by atoms with Gasteiger partial charge in [0, 0.05) is 56.5 Å². The maximum absolute atomic E-state index is 13.0. The van der Waals surface area contributed by atoms with Gasteiger partial charge in [0.2, 0.25) is 5.91 Å². The number of rotatable bonds is 4. The second-order valence-corrected chi connectivity index (χ2v) is 8.11. The number of hydrogen-bond acceptors (Lipinski definition) is 7. The van der Waals surface area contributed by atoms with Gasteiger partial charge in [-0.05, 0) is 25.1 Å². The highest BCUT2D eigenvalue weighted by Gasteiger charge is 2.38. The van der Waals surface area contributed by atoms with Crippen molar-refractivity contribution in [1.82, 2.24) is 29.9 Å². The first kappa shape index (κ1) is 19.0. The summed E-state index contributed by atoms with van der Waals surface area (Å²) < 4.78 is 1.75. The van der Waals surface area contributed by atoms with Crippen LogP contribution >= 0.6 is 11.6 Å². The van der Waals surface area contributed by atoms with Gasteiger partial charge in [0.25, 0.3) is 0 Å². The minimum atomic E-state index is -0.00560. The molecule has 0 aliphatic carbocycles. The lowest BCUT2D eigenvalue weighted by Gasteiger charge is -2.43. The number of halogens is 1. The van der Waals surface area contributed by atoms with Gasteiger partial charge in [-0.15, -0.1) is 5.10 Å². The van der Waals surface area contributed by atoms with Crippen LogP contribution < -0.4 is 9.80 Å². The molecule has 0 bridgehead atoms. The Hall–Kier alpha value is -2.94. The van der Waals surface area contributed by atoms with Crippen LogP contribution in [-0.2, 0) is 11.3 Å². The smallest absolute Gasteiger partial charge is 0.229 e. The fourth-order valence-corrected chi connectivity index (χ4v) is 4.33. The summed E-state index contributed by atoms with van der Waals surface area (Å²) in [6.07, 6.45) is 1.54. The largest absolute Gasteiger partial charge is 0.368 e. The summed E-state index contributed by atoms with van der Waals surface area (Å²) in [7, 11) is 0. The molecule has 2 fully saturated rings. The van der Waals surface area contributed by atoms with E-state index in [1.54, 1.807) is 4.68 Å². The van der Waals surface area contributed by atoms with E-state index in [0.29, 0.717) is 25.2 Å². The van der Waals surface area contributed by atoms with Crippen molar-refractivity contribution >= 4 is 40.2 Å². The molecule has 0 spiro atoms. The Morgan fingerprint density at radius 3 is 2.67 bits per heavy atom. The van der Waals surface area contributed by atoms with Gasteiger partial charge >= 0.3 is 0 Å². The summed E-state index contributed by atoms with van der Waals surface area (Å²) in [5.41, 5.74) is 2.53. The van der Waals surface area contributed by atoms with Gasteiger partial charge in [-0.25, -0.2) is 14.6 Å². The van der Waals surface area contributed by atoms with Crippen molar-refractivity contribution in [3.63, 3.8) is 0 Å². The summed E-state index contributed by atoms with van der Waals surface area (Å²) in [4.78, 5) is 28.0. The van der Waals surface area contributed by atoms with Gasteiger partial charge < -0.3 is 14.7 Å². The van der Waals surface area contributed by atoms with Gasteiger partial charge in [0.05, 0.1) is 5.92 Å². The van der Waals surface area contributed by atoms with E-state index in [1.165, 1.54) is 6.33 Å². The van der Waals surface area contributed by atoms with Crippen LogP contribution in [-0.4, -0.2) is 75.0 Å². The lowest BCUT2D eigenvalue weighted by Crippen LogP contribution is -2.58. The maximum Gasteiger partial charge on any atom is 0.229 e. The Balaban J connectivity index is 1.19. The van der Waals surface area contributed by atoms with Crippen molar-refractivity contribution in [1.29, 1.82) is 0 Å². The molecular weight excluding hydrogens is 404 g/mol. The van der Waals surface area contributed by atoms with E-state index in [2.05, 4.69) is 36.1 Å². The fourth-order valence-electron chi connectivity index (χ4n) is 4.15. The van der Waals surface area contributed by atoms with E-state index in [0.717, 1.165) is 48.4 Å². The van der Waals surface area contributed by atoms with Crippen molar-refractivity contribution < 1.29 is 4.79 Å². The first-order valence-electron chi connectivity index (χ1n) is 10.2. The standard InChI is InChI=1S/C20H23ClN8O/c1-2-29-19-17(24-25-29)18(22-13-23-19)28-11-14(12-28)20(30)27-8-6-26(7-9-27)16-5-3-4-15(21)10-16/h3-5,10,13-14H,2,6-9,11-12H2,1H3. The number of anilines is 2. The molecule has 30 heavy (non-hydrogen) atoms. The molecule has 2 aromatic heterocycles. The van der Waals surface area contributed by atoms with Crippen LogP contribution in [0.15, 0.2) is 30.6 Å². The van der Waals surface area contributed by atoms with Crippen LogP contribution in [0.1, 0.15) is 6.92 Å². The molecule has 4 heterocycles. The number of piperazine rings is 1. The van der Waals surface area contributed by atoms with E-state index >= 15 is 0 Å². The van der Waals surface area contributed by atoms with E-state index in [9.17, 15) is 4.79 Å². The van der Waals surface area contributed by atoms with Crippen molar-refractivity contribution in [3.8, 4) is 0 Å². The third kappa shape index (κ3) is 3.32. The first-order chi connectivity index (χ1) is 14.6. The summed E-state index contributed by atoms with van der Waals surface area (Å²) in [6, 6.07) is 7.87. The molecule has 9 nitrogen and oxygen atoms in total. The molecule has 0 atom stereocenters. The van der Waals surface area contributed by atoms with Gasteiger partial charge in [-0.2, -0.15) is 0 Å². The number of aromatic nitrogens is 5. The van der Waals surface area contributed by atoms with Crippen LogP contribution in [0.4, 0.5) is 11.5 Å². The van der Waals surface area contributed by atoms with Gasteiger partial charge in [0.1, 0.15) is 6.33 Å². The number of carbonyl (C=O) groups excluding carboxylic acids is 1. The number of aryl methyl sites for hydroxylation is 1. The molecule has 0 unspecified atom stereocenters. The van der Waals surface area contributed by atoms with E-state index in [1.807, 2.05) is 30.0 Å². The predicted octanol–water partition coefficient (Wildman–Crippen LogP) is 1.68. The van der Waals surface area contributed by atoms with E-state index < -0.39 is 0 Å². The highest BCUT2D eigenvalue weighted by atomic mass is 35.5. The van der Waals surface area contributed by atoms with Gasteiger partial charge in [0.15, 0.2) is 17.0 Å². The lowest BCUT2D eigenvalue weighted by molar-refractivity contribution is -0.136. The summed E-state index contributed by atoms with van der Waals surface area (Å²) in [6.45, 7) is 7.09. The Kier molecular flexibility index (Phi) is 4.90. The van der Waals surface area contributed by atoms with Crippen molar-refractivity contribution in [2.45, 2.75) is 13.5 Å². The normalized spacial score (nSPS) is 17.5. The topological polar surface area (TPSA) is 83.3 Å². The number of amides is 1. The molecule has 10 heteroatoms. The summed E-state index contributed by atoms with van der Waals surface area (Å²) >= 11 is 6.11. The summed E-state index contributed by atoms with van der Waals surface area (Å²) in [5.74, 6) is 0.975. The predicted molar refractivity (Wildman–Crippen MR) is 115 cm³/mol. The first-order valence-corrected chi connectivity index (χ1v) is 10.6. The quantitative estimate of drug-likeness (QED) is 0.627. The third-order valence-electron chi connectivity index (χ3n) is 5.88. The molecule has 2 saturated heterocycles. The lowest BCUT2D eigenvalue weighted by atomic mass is 9.98. The average Bonchev–Trinajstić information content (AvgIpc) is 3.17. The van der Waals surface area contributed by atoms with Crippen molar-refractivity contribution in [2.24, 2.45) is 5.92 Å². The van der Waals surface area contributed by atoms with E-state index in [4.69, 9.17) is 11.6 Å². The van der Waals surface area contributed by atoms with Crippen LogP contribution in [0, 0.1) is 5.92 Å².